The number of hydrogen-bond donors (Lipinski definition) is 2. The minimum atomic E-state index is -0.867. The van der Waals surface area contributed by atoms with Crippen molar-refractivity contribution in [2.45, 2.75) is 32.6 Å². The van der Waals surface area contributed by atoms with E-state index in [1.54, 1.807) is 11.8 Å². The Morgan fingerprint density at radius 3 is 2.83 bits per heavy atom. The van der Waals surface area contributed by atoms with Crippen LogP contribution >= 0.6 is 0 Å². The molecule has 2 saturated heterocycles. The van der Waals surface area contributed by atoms with E-state index in [4.69, 9.17) is 0 Å². The molecule has 0 spiro atoms. The normalized spacial score (nSPS) is 24.0. The summed E-state index contributed by atoms with van der Waals surface area (Å²) >= 11 is 0. The van der Waals surface area contributed by atoms with Gasteiger partial charge in [-0.25, -0.2) is 4.39 Å². The lowest BCUT2D eigenvalue weighted by atomic mass is 9.79. The van der Waals surface area contributed by atoms with Gasteiger partial charge in [0.1, 0.15) is 5.82 Å². The average molecular weight is 333 g/mol. The van der Waals surface area contributed by atoms with Gasteiger partial charge in [0.25, 0.3) is 0 Å². The van der Waals surface area contributed by atoms with Crippen molar-refractivity contribution in [1.82, 2.24) is 5.32 Å². The van der Waals surface area contributed by atoms with E-state index >= 15 is 0 Å². The first-order valence-corrected chi connectivity index (χ1v) is 8.07. The van der Waals surface area contributed by atoms with E-state index in [9.17, 15) is 18.8 Å². The minimum Gasteiger partial charge on any atom is -0.356 e. The fraction of sp³-hybridized carbons (Fsp3) is 0.471. The largest absolute Gasteiger partial charge is 0.356 e. The van der Waals surface area contributed by atoms with Crippen molar-refractivity contribution in [2.24, 2.45) is 5.41 Å². The maximum absolute atomic E-state index is 14.1. The summed E-state index contributed by atoms with van der Waals surface area (Å²) in [6.07, 6.45) is 1.82. The zero-order valence-electron chi connectivity index (χ0n) is 13.5. The number of amides is 3. The molecule has 1 aromatic rings. The molecule has 1 unspecified atom stereocenters. The lowest BCUT2D eigenvalue weighted by molar-refractivity contribution is -0.134. The van der Waals surface area contributed by atoms with Crippen LogP contribution in [0.15, 0.2) is 18.2 Å². The van der Waals surface area contributed by atoms with Crippen molar-refractivity contribution in [1.29, 1.82) is 0 Å². The quantitative estimate of drug-likeness (QED) is 0.885. The second-order valence-electron chi connectivity index (χ2n) is 6.60. The molecular formula is C17H20FN3O3. The van der Waals surface area contributed by atoms with Gasteiger partial charge in [0.15, 0.2) is 0 Å². The van der Waals surface area contributed by atoms with E-state index in [1.165, 1.54) is 18.2 Å². The number of rotatable bonds is 3. The van der Waals surface area contributed by atoms with Gasteiger partial charge in [-0.1, -0.05) is 6.92 Å². The molecule has 2 fully saturated rings. The van der Waals surface area contributed by atoms with E-state index in [-0.39, 0.29) is 29.8 Å². The third-order valence-corrected chi connectivity index (χ3v) is 4.68. The Kier molecular flexibility index (Phi) is 4.26. The van der Waals surface area contributed by atoms with Gasteiger partial charge in [-0.15, -0.1) is 0 Å². The highest BCUT2D eigenvalue weighted by Gasteiger charge is 2.38. The number of halogens is 1. The molecule has 0 aromatic heterocycles. The monoisotopic (exact) mass is 333 g/mol. The van der Waals surface area contributed by atoms with Crippen molar-refractivity contribution in [3.05, 3.63) is 24.0 Å². The van der Waals surface area contributed by atoms with Gasteiger partial charge in [0, 0.05) is 31.6 Å². The van der Waals surface area contributed by atoms with Crippen LogP contribution in [0.25, 0.3) is 0 Å². The summed E-state index contributed by atoms with van der Waals surface area (Å²) < 4.78 is 14.1. The SMILES string of the molecule is CC1(C(=O)Nc2cc(N3CCCC3=O)ccc2F)CCNC(=O)C1. The third kappa shape index (κ3) is 3.11. The molecular weight excluding hydrogens is 313 g/mol. The van der Waals surface area contributed by atoms with E-state index in [1.807, 2.05) is 0 Å². The first-order chi connectivity index (χ1) is 11.4. The van der Waals surface area contributed by atoms with Crippen LogP contribution < -0.4 is 15.5 Å². The number of anilines is 2. The highest BCUT2D eigenvalue weighted by molar-refractivity contribution is 6.00. The molecule has 1 aromatic carbocycles. The molecule has 2 N–H and O–H groups in total. The zero-order valence-corrected chi connectivity index (χ0v) is 13.5. The number of hydrogen-bond acceptors (Lipinski definition) is 3. The molecule has 128 valence electrons. The van der Waals surface area contributed by atoms with E-state index in [2.05, 4.69) is 10.6 Å². The van der Waals surface area contributed by atoms with Crippen LogP contribution in [0, 0.1) is 11.2 Å². The van der Waals surface area contributed by atoms with Crippen LogP contribution in [0.4, 0.5) is 15.8 Å². The highest BCUT2D eigenvalue weighted by Crippen LogP contribution is 2.32. The number of nitrogens with zero attached hydrogens (tertiary/aromatic N) is 1. The molecule has 3 amide bonds. The van der Waals surface area contributed by atoms with Crippen molar-refractivity contribution in [3.63, 3.8) is 0 Å². The molecule has 0 bridgehead atoms. The zero-order chi connectivity index (χ0) is 17.3. The van der Waals surface area contributed by atoms with Crippen LogP contribution in [0.3, 0.4) is 0 Å². The van der Waals surface area contributed by atoms with Gasteiger partial charge in [-0.2, -0.15) is 0 Å². The number of carbonyl (C=O) groups excluding carboxylic acids is 3. The maximum Gasteiger partial charge on any atom is 0.230 e. The maximum atomic E-state index is 14.1. The van der Waals surface area contributed by atoms with E-state index in [0.717, 1.165) is 6.42 Å². The van der Waals surface area contributed by atoms with Gasteiger partial charge in [-0.3, -0.25) is 14.4 Å². The molecule has 6 nitrogen and oxygen atoms in total. The number of benzene rings is 1. The first kappa shape index (κ1) is 16.4. The summed E-state index contributed by atoms with van der Waals surface area (Å²) in [4.78, 5) is 37.5. The van der Waals surface area contributed by atoms with E-state index in [0.29, 0.717) is 31.6 Å². The van der Waals surface area contributed by atoms with Crippen molar-refractivity contribution < 1.29 is 18.8 Å². The molecule has 0 saturated carbocycles. The number of nitrogens with one attached hydrogen (secondary N) is 2. The van der Waals surface area contributed by atoms with Crippen LogP contribution in [0.5, 0.6) is 0 Å². The summed E-state index contributed by atoms with van der Waals surface area (Å²) in [6.45, 7) is 2.72. The molecule has 3 rings (SSSR count). The Morgan fingerprint density at radius 1 is 1.38 bits per heavy atom. The Hall–Kier alpha value is -2.44. The predicted molar refractivity (Wildman–Crippen MR) is 87.0 cm³/mol. The van der Waals surface area contributed by atoms with Crippen LogP contribution in [-0.2, 0) is 14.4 Å². The second kappa shape index (κ2) is 6.22. The van der Waals surface area contributed by atoms with Gasteiger partial charge in [-0.05, 0) is 31.0 Å². The lowest BCUT2D eigenvalue weighted by Crippen LogP contribution is -2.45. The molecule has 1 atom stereocenters. The topological polar surface area (TPSA) is 78.5 Å². The van der Waals surface area contributed by atoms with Gasteiger partial charge in [0.05, 0.1) is 11.1 Å². The van der Waals surface area contributed by atoms with Crippen LogP contribution in [0.1, 0.15) is 32.6 Å². The molecule has 7 heteroatoms. The smallest absolute Gasteiger partial charge is 0.230 e. The summed E-state index contributed by atoms with van der Waals surface area (Å²) in [5, 5.41) is 5.27. The predicted octanol–water partition coefficient (Wildman–Crippen LogP) is 1.81. The van der Waals surface area contributed by atoms with Crippen molar-refractivity contribution in [3.8, 4) is 0 Å². The Morgan fingerprint density at radius 2 is 2.17 bits per heavy atom. The summed E-state index contributed by atoms with van der Waals surface area (Å²) in [5.74, 6) is -1.14. The fourth-order valence-corrected chi connectivity index (χ4v) is 3.15. The number of carbonyl (C=O) groups is 3. The standard InChI is InChI=1S/C17H20FN3O3/c1-17(6-7-19-14(22)10-17)16(24)20-13-9-11(4-5-12(13)18)21-8-2-3-15(21)23/h4-5,9H,2-3,6-8,10H2,1H3,(H,19,22)(H,20,24). The molecule has 2 aliphatic heterocycles. The fourth-order valence-electron chi connectivity index (χ4n) is 3.15. The van der Waals surface area contributed by atoms with Crippen LogP contribution in [-0.4, -0.2) is 30.8 Å². The Bertz CT molecular complexity index is 706. The summed E-state index contributed by atoms with van der Waals surface area (Å²) in [5.41, 5.74) is -0.265. The van der Waals surface area contributed by atoms with Crippen molar-refractivity contribution >= 4 is 29.1 Å². The molecule has 24 heavy (non-hydrogen) atoms. The Balaban J connectivity index is 1.80. The van der Waals surface area contributed by atoms with E-state index < -0.39 is 11.2 Å². The second-order valence-corrected chi connectivity index (χ2v) is 6.60. The molecule has 0 aliphatic carbocycles. The summed E-state index contributed by atoms with van der Waals surface area (Å²) in [7, 11) is 0. The first-order valence-electron chi connectivity index (χ1n) is 8.07. The minimum absolute atomic E-state index is 0.00482. The van der Waals surface area contributed by atoms with Gasteiger partial charge < -0.3 is 15.5 Å². The Labute approximate surface area is 139 Å². The average Bonchev–Trinajstić information content (AvgIpc) is 2.95. The third-order valence-electron chi connectivity index (χ3n) is 4.68. The molecule has 2 aliphatic rings. The number of piperidine rings is 1. The van der Waals surface area contributed by atoms with Crippen molar-refractivity contribution in [2.75, 3.05) is 23.3 Å². The van der Waals surface area contributed by atoms with Gasteiger partial charge >= 0.3 is 0 Å². The van der Waals surface area contributed by atoms with Gasteiger partial charge in [0.2, 0.25) is 17.7 Å². The molecule has 0 radical (unpaired) electrons. The van der Waals surface area contributed by atoms with Crippen LogP contribution in [0.2, 0.25) is 0 Å². The highest BCUT2D eigenvalue weighted by atomic mass is 19.1. The lowest BCUT2D eigenvalue weighted by Gasteiger charge is -2.31. The molecule has 2 heterocycles. The summed E-state index contributed by atoms with van der Waals surface area (Å²) in [6, 6.07) is 4.25.